The van der Waals surface area contributed by atoms with Crippen molar-refractivity contribution < 1.29 is 0 Å². The fourth-order valence-electron chi connectivity index (χ4n) is 1.93. The van der Waals surface area contributed by atoms with Crippen LogP contribution in [-0.4, -0.2) is 14.5 Å². The van der Waals surface area contributed by atoms with E-state index in [1.54, 1.807) is 11.3 Å². The number of nitrogens with zero attached hydrogens (tertiary/aromatic N) is 3. The van der Waals surface area contributed by atoms with E-state index in [2.05, 4.69) is 21.5 Å². The molecule has 0 aliphatic heterocycles. The molecular weight excluding hydrogens is 232 g/mol. The Labute approximate surface area is 106 Å². The standard InChI is InChI=1S/C12H18N4S/c1-3-5-16-6-4-14-11(16)7-10(13)12-9(2)15-8-17-12/h4,6,8,10H,3,5,7,13H2,1-2H3. The third-order valence-corrected chi connectivity index (χ3v) is 3.85. The average Bonchev–Trinajstić information content (AvgIpc) is 2.89. The molecule has 0 radical (unpaired) electrons. The smallest absolute Gasteiger partial charge is 0.110 e. The van der Waals surface area contributed by atoms with E-state index in [4.69, 9.17) is 5.73 Å². The molecule has 0 saturated heterocycles. The van der Waals surface area contributed by atoms with Crippen molar-refractivity contribution in [3.63, 3.8) is 0 Å². The number of nitrogens with two attached hydrogens (primary N) is 1. The SMILES string of the molecule is CCCn1ccnc1CC(N)c1scnc1C. The second-order valence-electron chi connectivity index (χ2n) is 4.15. The topological polar surface area (TPSA) is 56.7 Å². The van der Waals surface area contributed by atoms with Crippen LogP contribution in [-0.2, 0) is 13.0 Å². The molecule has 2 aromatic rings. The minimum Gasteiger partial charge on any atom is -0.335 e. The lowest BCUT2D eigenvalue weighted by molar-refractivity contribution is 0.601. The van der Waals surface area contributed by atoms with E-state index >= 15 is 0 Å². The zero-order chi connectivity index (χ0) is 12.3. The average molecular weight is 250 g/mol. The molecule has 0 aromatic carbocycles. The Morgan fingerprint density at radius 1 is 1.47 bits per heavy atom. The summed E-state index contributed by atoms with van der Waals surface area (Å²) >= 11 is 1.63. The van der Waals surface area contributed by atoms with Gasteiger partial charge >= 0.3 is 0 Å². The fraction of sp³-hybridized carbons (Fsp3) is 0.500. The van der Waals surface area contributed by atoms with Crippen LogP contribution in [0, 0.1) is 6.92 Å². The van der Waals surface area contributed by atoms with Gasteiger partial charge in [0.25, 0.3) is 0 Å². The summed E-state index contributed by atoms with van der Waals surface area (Å²) in [5.41, 5.74) is 9.10. The normalized spacial score (nSPS) is 12.9. The van der Waals surface area contributed by atoms with Crippen molar-refractivity contribution in [1.29, 1.82) is 0 Å². The second kappa shape index (κ2) is 5.42. The van der Waals surface area contributed by atoms with Crippen molar-refractivity contribution in [3.8, 4) is 0 Å². The second-order valence-corrected chi connectivity index (χ2v) is 5.04. The van der Waals surface area contributed by atoms with Gasteiger partial charge in [0, 0.05) is 36.3 Å². The molecule has 92 valence electrons. The van der Waals surface area contributed by atoms with Gasteiger partial charge < -0.3 is 10.3 Å². The van der Waals surface area contributed by atoms with E-state index in [0.717, 1.165) is 35.8 Å². The predicted molar refractivity (Wildman–Crippen MR) is 70.0 cm³/mol. The maximum atomic E-state index is 6.21. The maximum absolute atomic E-state index is 6.21. The molecule has 17 heavy (non-hydrogen) atoms. The van der Waals surface area contributed by atoms with Gasteiger partial charge in [-0.15, -0.1) is 11.3 Å². The molecule has 4 nitrogen and oxygen atoms in total. The monoisotopic (exact) mass is 250 g/mol. The lowest BCUT2D eigenvalue weighted by Crippen LogP contribution is -2.16. The van der Waals surface area contributed by atoms with Crippen molar-refractivity contribution >= 4 is 11.3 Å². The van der Waals surface area contributed by atoms with Crippen molar-refractivity contribution in [2.75, 3.05) is 0 Å². The zero-order valence-corrected chi connectivity index (χ0v) is 11.1. The number of rotatable bonds is 5. The van der Waals surface area contributed by atoms with Gasteiger partial charge in [-0.3, -0.25) is 0 Å². The molecule has 0 bridgehead atoms. The maximum Gasteiger partial charge on any atom is 0.110 e. The first-order valence-corrected chi connectivity index (χ1v) is 6.76. The summed E-state index contributed by atoms with van der Waals surface area (Å²) in [6, 6.07) is 0.000469. The van der Waals surface area contributed by atoms with Gasteiger partial charge in [-0.05, 0) is 13.3 Å². The molecule has 2 aromatic heterocycles. The molecular formula is C12H18N4S. The molecule has 0 spiro atoms. The van der Waals surface area contributed by atoms with Gasteiger partial charge in [0.05, 0.1) is 11.2 Å². The van der Waals surface area contributed by atoms with Crippen LogP contribution >= 0.6 is 11.3 Å². The van der Waals surface area contributed by atoms with Crippen LogP contribution in [0.2, 0.25) is 0 Å². The Morgan fingerprint density at radius 3 is 2.94 bits per heavy atom. The quantitative estimate of drug-likeness (QED) is 0.886. The number of hydrogen-bond donors (Lipinski definition) is 1. The van der Waals surface area contributed by atoms with Crippen LogP contribution in [0.15, 0.2) is 17.9 Å². The molecule has 0 aliphatic carbocycles. The van der Waals surface area contributed by atoms with E-state index < -0.39 is 0 Å². The summed E-state index contributed by atoms with van der Waals surface area (Å²) in [6.07, 6.45) is 5.75. The summed E-state index contributed by atoms with van der Waals surface area (Å²) in [5, 5.41) is 0. The first-order chi connectivity index (χ1) is 8.22. The Balaban J connectivity index is 2.10. The van der Waals surface area contributed by atoms with Crippen molar-refractivity contribution in [3.05, 3.63) is 34.3 Å². The lowest BCUT2D eigenvalue weighted by Gasteiger charge is -2.11. The first-order valence-electron chi connectivity index (χ1n) is 5.88. The van der Waals surface area contributed by atoms with Crippen LogP contribution in [0.5, 0.6) is 0 Å². The van der Waals surface area contributed by atoms with Gasteiger partial charge in [-0.25, -0.2) is 9.97 Å². The van der Waals surface area contributed by atoms with E-state index in [-0.39, 0.29) is 6.04 Å². The van der Waals surface area contributed by atoms with Crippen LogP contribution in [0.4, 0.5) is 0 Å². The largest absolute Gasteiger partial charge is 0.335 e. The van der Waals surface area contributed by atoms with Crippen LogP contribution in [0.1, 0.15) is 35.8 Å². The Hall–Kier alpha value is -1.20. The first kappa shape index (κ1) is 12.3. The summed E-state index contributed by atoms with van der Waals surface area (Å²) < 4.78 is 2.18. The van der Waals surface area contributed by atoms with Crippen molar-refractivity contribution in [1.82, 2.24) is 14.5 Å². The van der Waals surface area contributed by atoms with Gasteiger partial charge in [-0.2, -0.15) is 0 Å². The number of hydrogen-bond acceptors (Lipinski definition) is 4. The lowest BCUT2D eigenvalue weighted by atomic mass is 10.1. The van der Waals surface area contributed by atoms with E-state index in [1.807, 2.05) is 24.8 Å². The summed E-state index contributed by atoms with van der Waals surface area (Å²) in [4.78, 5) is 9.78. The Morgan fingerprint density at radius 2 is 2.29 bits per heavy atom. The highest BCUT2D eigenvalue weighted by molar-refractivity contribution is 7.09. The van der Waals surface area contributed by atoms with Crippen LogP contribution < -0.4 is 5.73 Å². The predicted octanol–water partition coefficient (Wildman–Crippen LogP) is 2.30. The molecule has 0 saturated carbocycles. The highest BCUT2D eigenvalue weighted by Crippen LogP contribution is 2.22. The van der Waals surface area contributed by atoms with E-state index in [9.17, 15) is 0 Å². The number of aryl methyl sites for hydroxylation is 2. The Kier molecular flexibility index (Phi) is 3.91. The molecule has 5 heteroatoms. The summed E-state index contributed by atoms with van der Waals surface area (Å²) in [5.74, 6) is 1.06. The zero-order valence-electron chi connectivity index (χ0n) is 10.3. The number of imidazole rings is 1. The van der Waals surface area contributed by atoms with Crippen LogP contribution in [0.25, 0.3) is 0 Å². The number of aromatic nitrogens is 3. The van der Waals surface area contributed by atoms with Crippen molar-refractivity contribution in [2.45, 2.75) is 39.3 Å². The van der Waals surface area contributed by atoms with Crippen molar-refractivity contribution in [2.24, 2.45) is 5.73 Å². The van der Waals surface area contributed by atoms with Gasteiger partial charge in [0.15, 0.2) is 0 Å². The molecule has 0 fully saturated rings. The van der Waals surface area contributed by atoms with Gasteiger partial charge in [-0.1, -0.05) is 6.92 Å². The van der Waals surface area contributed by atoms with E-state index in [0.29, 0.717) is 0 Å². The molecule has 2 rings (SSSR count). The van der Waals surface area contributed by atoms with Crippen LogP contribution in [0.3, 0.4) is 0 Å². The third-order valence-electron chi connectivity index (χ3n) is 2.79. The molecule has 1 atom stereocenters. The summed E-state index contributed by atoms with van der Waals surface area (Å²) in [7, 11) is 0. The molecule has 2 heterocycles. The fourth-order valence-corrected chi connectivity index (χ4v) is 2.74. The highest BCUT2D eigenvalue weighted by Gasteiger charge is 2.14. The van der Waals surface area contributed by atoms with E-state index in [1.165, 1.54) is 0 Å². The van der Waals surface area contributed by atoms with Gasteiger partial charge in [0.2, 0.25) is 0 Å². The molecule has 0 aliphatic rings. The summed E-state index contributed by atoms with van der Waals surface area (Å²) in [6.45, 7) is 5.17. The molecule has 0 amide bonds. The highest BCUT2D eigenvalue weighted by atomic mass is 32.1. The minimum atomic E-state index is 0.000469. The molecule has 2 N–H and O–H groups in total. The molecule has 1 unspecified atom stereocenters. The van der Waals surface area contributed by atoms with Gasteiger partial charge in [0.1, 0.15) is 5.82 Å². The number of thiazole rings is 1. The minimum absolute atomic E-state index is 0.000469. The Bertz CT molecular complexity index is 474. The third kappa shape index (κ3) is 2.73.